The van der Waals surface area contributed by atoms with Gasteiger partial charge in [0, 0.05) is 32.8 Å². The summed E-state index contributed by atoms with van der Waals surface area (Å²) >= 11 is 6.92. The highest BCUT2D eigenvalue weighted by Crippen LogP contribution is 2.28. The second kappa shape index (κ2) is 7.70. The third-order valence-corrected chi connectivity index (χ3v) is 7.97. The molecular formula is C15H21ClN2O4S2. The molecule has 0 N–H and O–H groups in total. The zero-order chi connectivity index (χ0) is 17.2. The number of hydrogen-bond donors (Lipinski definition) is 0. The predicted molar refractivity (Wildman–Crippen MR) is 92.9 cm³/mol. The minimum absolute atomic E-state index is 0.0221. The van der Waals surface area contributed by atoms with Gasteiger partial charge in [-0.1, -0.05) is 11.6 Å². The van der Waals surface area contributed by atoms with Gasteiger partial charge in [0.25, 0.3) is 10.0 Å². The number of halogens is 1. The SMILES string of the molecule is O=C(C[C@@H]1CCCO1)N1CCCN(S(=O)(=O)c2ccc(Cl)s2)CC1. The van der Waals surface area contributed by atoms with Crippen molar-refractivity contribution in [2.45, 2.75) is 36.0 Å². The van der Waals surface area contributed by atoms with Crippen LogP contribution in [0, 0.1) is 0 Å². The summed E-state index contributed by atoms with van der Waals surface area (Å²) in [6.07, 6.45) is 2.99. The number of carbonyl (C=O) groups is 1. The Morgan fingerprint density at radius 1 is 1.25 bits per heavy atom. The van der Waals surface area contributed by atoms with Crippen LogP contribution in [0.1, 0.15) is 25.7 Å². The van der Waals surface area contributed by atoms with Crippen LogP contribution >= 0.6 is 22.9 Å². The van der Waals surface area contributed by atoms with Crippen LogP contribution in [0.2, 0.25) is 4.34 Å². The van der Waals surface area contributed by atoms with Crippen molar-refractivity contribution in [3.63, 3.8) is 0 Å². The van der Waals surface area contributed by atoms with Crippen molar-refractivity contribution in [2.24, 2.45) is 0 Å². The first kappa shape index (κ1) is 18.1. The molecule has 2 saturated heterocycles. The average Bonchev–Trinajstić information content (AvgIpc) is 3.13. The van der Waals surface area contributed by atoms with Gasteiger partial charge in [-0.25, -0.2) is 8.42 Å². The fraction of sp³-hybridized carbons (Fsp3) is 0.667. The molecular weight excluding hydrogens is 372 g/mol. The zero-order valence-corrected chi connectivity index (χ0v) is 15.7. The fourth-order valence-corrected chi connectivity index (χ4v) is 6.18. The minimum Gasteiger partial charge on any atom is -0.378 e. The first-order valence-electron chi connectivity index (χ1n) is 8.12. The second-order valence-electron chi connectivity index (χ2n) is 6.04. The van der Waals surface area contributed by atoms with Gasteiger partial charge in [0.1, 0.15) is 4.21 Å². The van der Waals surface area contributed by atoms with Gasteiger partial charge >= 0.3 is 0 Å². The highest BCUT2D eigenvalue weighted by atomic mass is 35.5. The van der Waals surface area contributed by atoms with E-state index in [9.17, 15) is 13.2 Å². The Morgan fingerprint density at radius 2 is 2.08 bits per heavy atom. The number of hydrogen-bond acceptors (Lipinski definition) is 5. The molecule has 3 rings (SSSR count). The maximum Gasteiger partial charge on any atom is 0.252 e. The zero-order valence-electron chi connectivity index (χ0n) is 13.3. The van der Waals surface area contributed by atoms with E-state index in [0.29, 0.717) is 43.4 Å². The number of carbonyl (C=O) groups excluding carboxylic acids is 1. The maximum atomic E-state index is 12.7. The quantitative estimate of drug-likeness (QED) is 0.787. The molecule has 0 radical (unpaired) electrons. The smallest absolute Gasteiger partial charge is 0.252 e. The molecule has 3 heterocycles. The van der Waals surface area contributed by atoms with Gasteiger partial charge in [-0.2, -0.15) is 4.31 Å². The molecule has 1 atom stereocenters. The summed E-state index contributed by atoms with van der Waals surface area (Å²) in [5.41, 5.74) is 0. The second-order valence-corrected chi connectivity index (χ2v) is 9.92. The highest BCUT2D eigenvalue weighted by Gasteiger charge is 2.30. The number of amides is 1. The Kier molecular flexibility index (Phi) is 5.82. The lowest BCUT2D eigenvalue weighted by Gasteiger charge is -2.22. The molecule has 2 fully saturated rings. The summed E-state index contributed by atoms with van der Waals surface area (Å²) < 4.78 is 33.0. The van der Waals surface area contributed by atoms with Gasteiger partial charge in [-0.15, -0.1) is 11.3 Å². The van der Waals surface area contributed by atoms with E-state index in [4.69, 9.17) is 16.3 Å². The minimum atomic E-state index is -3.53. The molecule has 24 heavy (non-hydrogen) atoms. The first-order valence-corrected chi connectivity index (χ1v) is 10.7. The van der Waals surface area contributed by atoms with E-state index in [0.717, 1.165) is 30.8 Å². The molecule has 0 spiro atoms. The fourth-order valence-electron chi connectivity index (χ4n) is 3.08. The standard InChI is InChI=1S/C15H21ClN2O4S2/c16-13-4-5-15(23-13)24(20,21)18-7-2-6-17(8-9-18)14(19)11-12-3-1-10-22-12/h4-5,12H,1-3,6-11H2/t12-/m0/s1. The summed E-state index contributed by atoms with van der Waals surface area (Å²) in [6, 6.07) is 3.13. The van der Waals surface area contributed by atoms with Gasteiger partial charge in [0.2, 0.25) is 5.91 Å². The van der Waals surface area contributed by atoms with Crippen LogP contribution in [0.5, 0.6) is 0 Å². The molecule has 0 saturated carbocycles. The number of nitrogens with zero attached hydrogens (tertiary/aromatic N) is 2. The maximum absolute atomic E-state index is 12.7. The summed E-state index contributed by atoms with van der Waals surface area (Å²) in [5.74, 6) is 0.0558. The van der Waals surface area contributed by atoms with Crippen LogP contribution in [-0.4, -0.2) is 62.4 Å². The molecule has 1 aromatic heterocycles. The first-order chi connectivity index (χ1) is 11.5. The number of thiophene rings is 1. The molecule has 134 valence electrons. The molecule has 1 aromatic rings. The van der Waals surface area contributed by atoms with Crippen molar-refractivity contribution < 1.29 is 17.9 Å². The predicted octanol–water partition coefficient (Wildman–Crippen LogP) is 2.19. The van der Waals surface area contributed by atoms with Gasteiger partial charge in [-0.3, -0.25) is 4.79 Å². The largest absolute Gasteiger partial charge is 0.378 e. The molecule has 2 aliphatic heterocycles. The molecule has 1 amide bonds. The van der Waals surface area contributed by atoms with Crippen LogP contribution in [0.25, 0.3) is 0 Å². The van der Waals surface area contributed by atoms with Crippen LogP contribution in [0.15, 0.2) is 16.3 Å². The third kappa shape index (κ3) is 4.11. The van der Waals surface area contributed by atoms with Gasteiger partial charge < -0.3 is 9.64 Å². The summed E-state index contributed by atoms with van der Waals surface area (Å²) in [4.78, 5) is 14.2. The Balaban J connectivity index is 1.61. The van der Waals surface area contributed by atoms with E-state index < -0.39 is 10.0 Å². The van der Waals surface area contributed by atoms with Crippen LogP contribution < -0.4 is 0 Å². The van der Waals surface area contributed by atoms with Crippen molar-refractivity contribution in [1.29, 1.82) is 0 Å². The Bertz CT molecular complexity index is 685. The van der Waals surface area contributed by atoms with E-state index in [-0.39, 0.29) is 16.2 Å². The van der Waals surface area contributed by atoms with Crippen molar-refractivity contribution in [1.82, 2.24) is 9.21 Å². The molecule has 6 nitrogen and oxygen atoms in total. The molecule has 2 aliphatic rings. The van der Waals surface area contributed by atoms with Gasteiger partial charge in [0.15, 0.2) is 0 Å². The summed E-state index contributed by atoms with van der Waals surface area (Å²) in [6.45, 7) is 2.47. The van der Waals surface area contributed by atoms with Crippen molar-refractivity contribution in [3.05, 3.63) is 16.5 Å². The summed E-state index contributed by atoms with van der Waals surface area (Å²) in [7, 11) is -3.53. The lowest BCUT2D eigenvalue weighted by Crippen LogP contribution is -2.38. The Labute approximate surface area is 151 Å². The monoisotopic (exact) mass is 392 g/mol. The third-order valence-electron chi connectivity index (χ3n) is 4.38. The van der Waals surface area contributed by atoms with Crippen molar-refractivity contribution in [3.8, 4) is 0 Å². The van der Waals surface area contributed by atoms with E-state index in [1.807, 2.05) is 0 Å². The molecule has 0 aliphatic carbocycles. The van der Waals surface area contributed by atoms with Crippen molar-refractivity contribution in [2.75, 3.05) is 32.8 Å². The Hall–Kier alpha value is -0.670. The van der Waals surface area contributed by atoms with Crippen LogP contribution in [0.4, 0.5) is 0 Å². The molecule has 0 bridgehead atoms. The van der Waals surface area contributed by atoms with Crippen LogP contribution in [0.3, 0.4) is 0 Å². The molecule has 0 aromatic carbocycles. The Morgan fingerprint density at radius 3 is 2.75 bits per heavy atom. The lowest BCUT2D eigenvalue weighted by molar-refractivity contribution is -0.133. The van der Waals surface area contributed by atoms with E-state index >= 15 is 0 Å². The number of ether oxygens (including phenoxy) is 1. The van der Waals surface area contributed by atoms with E-state index in [1.165, 1.54) is 10.4 Å². The number of sulfonamides is 1. The van der Waals surface area contributed by atoms with Crippen LogP contribution in [-0.2, 0) is 19.6 Å². The molecule has 9 heteroatoms. The number of rotatable bonds is 4. The van der Waals surface area contributed by atoms with Gasteiger partial charge in [0.05, 0.1) is 16.9 Å². The van der Waals surface area contributed by atoms with Gasteiger partial charge in [-0.05, 0) is 31.4 Å². The summed E-state index contributed by atoms with van der Waals surface area (Å²) in [5, 5.41) is 0. The molecule has 0 unspecified atom stereocenters. The average molecular weight is 393 g/mol. The van der Waals surface area contributed by atoms with E-state index in [1.54, 1.807) is 11.0 Å². The van der Waals surface area contributed by atoms with Crippen molar-refractivity contribution >= 4 is 38.9 Å². The topological polar surface area (TPSA) is 66.9 Å². The van der Waals surface area contributed by atoms with E-state index in [2.05, 4.69) is 0 Å². The normalized spacial score (nSPS) is 23.4. The lowest BCUT2D eigenvalue weighted by atomic mass is 10.1. The highest BCUT2D eigenvalue weighted by molar-refractivity contribution is 7.91.